The molecule has 2 rings (SSSR count). The van der Waals surface area contributed by atoms with E-state index in [1.54, 1.807) is 0 Å². The molecule has 2 aromatic rings. The summed E-state index contributed by atoms with van der Waals surface area (Å²) < 4.78 is 0.916. The fourth-order valence-electron chi connectivity index (χ4n) is 1.54. The first-order chi connectivity index (χ1) is 8.45. The number of nitrogens with one attached hydrogen (secondary N) is 1. The molecule has 0 aliphatic carbocycles. The highest BCUT2D eigenvalue weighted by molar-refractivity contribution is 9.10. The molecule has 6 heteroatoms. The Labute approximate surface area is 119 Å². The van der Waals surface area contributed by atoms with Gasteiger partial charge in [-0.3, -0.25) is 0 Å². The lowest BCUT2D eigenvalue weighted by atomic mass is 10.2. The quantitative estimate of drug-likeness (QED) is 0.879. The largest absolute Gasteiger partial charge is 0.368 e. The van der Waals surface area contributed by atoms with E-state index in [1.807, 2.05) is 32.0 Å². The minimum atomic E-state index is 0.242. The van der Waals surface area contributed by atoms with Gasteiger partial charge in [-0.05, 0) is 47.5 Å². The van der Waals surface area contributed by atoms with E-state index in [0.29, 0.717) is 10.8 Å². The summed E-state index contributed by atoms with van der Waals surface area (Å²) in [5.74, 6) is 0.882. The summed E-state index contributed by atoms with van der Waals surface area (Å²) in [7, 11) is 0. The molecule has 1 heterocycles. The summed E-state index contributed by atoms with van der Waals surface area (Å²) in [4.78, 5) is 8.13. The Morgan fingerprint density at radius 1 is 1.22 bits per heavy atom. The van der Waals surface area contributed by atoms with Crippen molar-refractivity contribution >= 4 is 45.0 Å². The van der Waals surface area contributed by atoms with Crippen molar-refractivity contribution in [3.63, 3.8) is 0 Å². The van der Waals surface area contributed by atoms with Gasteiger partial charge in [0.25, 0.3) is 0 Å². The summed E-state index contributed by atoms with van der Waals surface area (Å²) >= 11 is 9.58. The monoisotopic (exact) mass is 326 g/mol. The van der Waals surface area contributed by atoms with Gasteiger partial charge >= 0.3 is 0 Å². The first-order valence-electron chi connectivity index (χ1n) is 5.29. The van der Waals surface area contributed by atoms with Gasteiger partial charge in [-0.25, -0.2) is 4.98 Å². The average Bonchev–Trinajstić information content (AvgIpc) is 2.24. The minimum absolute atomic E-state index is 0.242. The summed E-state index contributed by atoms with van der Waals surface area (Å²) in [6.07, 6.45) is 0. The number of benzene rings is 1. The molecule has 18 heavy (non-hydrogen) atoms. The van der Waals surface area contributed by atoms with Crippen LogP contribution in [0.4, 0.5) is 17.5 Å². The Bertz CT molecular complexity index is 581. The number of nitrogens with zero attached hydrogens (tertiary/aromatic N) is 2. The first kappa shape index (κ1) is 13.1. The van der Waals surface area contributed by atoms with Crippen LogP contribution in [0.3, 0.4) is 0 Å². The van der Waals surface area contributed by atoms with Crippen molar-refractivity contribution in [1.29, 1.82) is 0 Å². The Morgan fingerprint density at radius 2 is 1.94 bits per heavy atom. The summed E-state index contributed by atoms with van der Waals surface area (Å²) in [6, 6.07) is 5.60. The number of aryl methyl sites for hydroxylation is 2. The summed E-state index contributed by atoms with van der Waals surface area (Å²) in [5.41, 5.74) is 8.25. The highest BCUT2D eigenvalue weighted by atomic mass is 79.9. The molecule has 4 nitrogen and oxygen atoms in total. The van der Waals surface area contributed by atoms with Crippen LogP contribution in [0.25, 0.3) is 0 Å². The van der Waals surface area contributed by atoms with Gasteiger partial charge in [0.15, 0.2) is 0 Å². The Balaban J connectivity index is 2.36. The molecule has 0 bridgehead atoms. The van der Waals surface area contributed by atoms with Crippen molar-refractivity contribution < 1.29 is 0 Å². The molecular weight excluding hydrogens is 316 g/mol. The number of nitrogens with two attached hydrogens (primary N) is 1. The Hall–Kier alpha value is -1.33. The molecule has 0 saturated heterocycles. The van der Waals surface area contributed by atoms with Crippen LogP contribution in [0, 0.1) is 13.8 Å². The molecule has 1 aromatic heterocycles. The van der Waals surface area contributed by atoms with Crippen molar-refractivity contribution in [1.82, 2.24) is 9.97 Å². The van der Waals surface area contributed by atoms with Crippen LogP contribution < -0.4 is 11.1 Å². The van der Waals surface area contributed by atoms with E-state index in [0.717, 1.165) is 21.4 Å². The van der Waals surface area contributed by atoms with Crippen LogP contribution >= 0.6 is 27.5 Å². The third-order valence-corrected chi connectivity index (χ3v) is 3.45. The zero-order valence-electron chi connectivity index (χ0n) is 9.96. The highest BCUT2D eigenvalue weighted by Gasteiger charge is 2.06. The standard InChI is InChI=1S/C12H12BrClN4/c1-6-3-8(13)10(5-9(6)14)17-11-4-7(2)16-12(15)18-11/h3-5H,1-2H3,(H3,15,16,17,18). The zero-order valence-corrected chi connectivity index (χ0v) is 12.3. The van der Waals surface area contributed by atoms with E-state index >= 15 is 0 Å². The maximum Gasteiger partial charge on any atom is 0.222 e. The van der Waals surface area contributed by atoms with Gasteiger partial charge in [-0.1, -0.05) is 11.6 Å². The number of nitrogen functional groups attached to an aromatic ring is 1. The topological polar surface area (TPSA) is 63.8 Å². The average molecular weight is 328 g/mol. The van der Waals surface area contributed by atoms with E-state index < -0.39 is 0 Å². The molecule has 0 amide bonds. The fraction of sp³-hybridized carbons (Fsp3) is 0.167. The first-order valence-corrected chi connectivity index (χ1v) is 6.46. The van der Waals surface area contributed by atoms with Crippen LogP contribution in [0.5, 0.6) is 0 Å². The zero-order chi connectivity index (χ0) is 13.3. The Kier molecular flexibility index (Phi) is 3.73. The van der Waals surface area contributed by atoms with E-state index in [-0.39, 0.29) is 5.95 Å². The lowest BCUT2D eigenvalue weighted by Crippen LogP contribution is -2.01. The molecular formula is C12H12BrClN4. The van der Waals surface area contributed by atoms with Gasteiger partial charge in [-0.2, -0.15) is 4.98 Å². The molecule has 0 aliphatic rings. The smallest absolute Gasteiger partial charge is 0.222 e. The molecule has 0 unspecified atom stereocenters. The molecule has 0 saturated carbocycles. The molecule has 0 atom stereocenters. The molecule has 1 aromatic carbocycles. The van der Waals surface area contributed by atoms with Gasteiger partial charge < -0.3 is 11.1 Å². The maximum absolute atomic E-state index is 6.10. The molecule has 0 fully saturated rings. The van der Waals surface area contributed by atoms with Crippen molar-refractivity contribution in [3.8, 4) is 0 Å². The normalized spacial score (nSPS) is 10.4. The number of anilines is 3. The van der Waals surface area contributed by atoms with Crippen molar-refractivity contribution in [2.24, 2.45) is 0 Å². The predicted octanol–water partition coefficient (Wildman–Crippen LogP) is 3.84. The predicted molar refractivity (Wildman–Crippen MR) is 78.4 cm³/mol. The van der Waals surface area contributed by atoms with Gasteiger partial charge in [-0.15, -0.1) is 0 Å². The molecule has 0 radical (unpaired) electrons. The van der Waals surface area contributed by atoms with E-state index in [9.17, 15) is 0 Å². The molecule has 0 aliphatic heterocycles. The lowest BCUT2D eigenvalue weighted by molar-refractivity contribution is 1.12. The van der Waals surface area contributed by atoms with Crippen LogP contribution in [0.15, 0.2) is 22.7 Å². The molecule has 3 N–H and O–H groups in total. The molecule has 0 spiro atoms. The van der Waals surface area contributed by atoms with E-state index in [4.69, 9.17) is 17.3 Å². The second-order valence-corrected chi connectivity index (χ2v) is 5.22. The van der Waals surface area contributed by atoms with Crippen LogP contribution in [-0.4, -0.2) is 9.97 Å². The summed E-state index contributed by atoms with van der Waals surface area (Å²) in [5, 5.41) is 3.85. The lowest BCUT2D eigenvalue weighted by Gasteiger charge is -2.10. The second kappa shape index (κ2) is 5.12. The minimum Gasteiger partial charge on any atom is -0.368 e. The number of hydrogen-bond acceptors (Lipinski definition) is 4. The third-order valence-electron chi connectivity index (χ3n) is 2.38. The van der Waals surface area contributed by atoms with Crippen molar-refractivity contribution in [3.05, 3.63) is 39.0 Å². The van der Waals surface area contributed by atoms with E-state index in [1.165, 1.54) is 0 Å². The SMILES string of the molecule is Cc1cc(Nc2cc(Cl)c(C)cc2Br)nc(N)n1. The van der Waals surface area contributed by atoms with Crippen LogP contribution in [0.1, 0.15) is 11.3 Å². The number of rotatable bonds is 2. The molecule has 94 valence electrons. The number of aromatic nitrogens is 2. The van der Waals surface area contributed by atoms with Gasteiger partial charge in [0, 0.05) is 21.3 Å². The van der Waals surface area contributed by atoms with Crippen molar-refractivity contribution in [2.45, 2.75) is 13.8 Å². The van der Waals surface area contributed by atoms with Crippen molar-refractivity contribution in [2.75, 3.05) is 11.1 Å². The van der Waals surface area contributed by atoms with Gasteiger partial charge in [0.2, 0.25) is 5.95 Å². The maximum atomic E-state index is 6.10. The number of hydrogen-bond donors (Lipinski definition) is 2. The number of halogens is 2. The van der Waals surface area contributed by atoms with Gasteiger partial charge in [0.05, 0.1) is 5.69 Å². The second-order valence-electron chi connectivity index (χ2n) is 3.96. The van der Waals surface area contributed by atoms with E-state index in [2.05, 4.69) is 31.2 Å². The highest BCUT2D eigenvalue weighted by Crippen LogP contribution is 2.31. The fourth-order valence-corrected chi connectivity index (χ4v) is 2.26. The Morgan fingerprint density at radius 3 is 2.61 bits per heavy atom. The third kappa shape index (κ3) is 2.91. The van der Waals surface area contributed by atoms with Crippen LogP contribution in [0.2, 0.25) is 5.02 Å². The van der Waals surface area contributed by atoms with Gasteiger partial charge in [0.1, 0.15) is 5.82 Å². The summed E-state index contributed by atoms with van der Waals surface area (Å²) in [6.45, 7) is 3.81. The van der Waals surface area contributed by atoms with Crippen LogP contribution in [-0.2, 0) is 0 Å².